The van der Waals surface area contributed by atoms with Crippen LogP contribution in [0.15, 0.2) is 35.3 Å². The molecule has 2 rings (SSSR count). The predicted octanol–water partition coefficient (Wildman–Crippen LogP) is 1.12. The third-order valence-electron chi connectivity index (χ3n) is 2.87. The molecular formula is C13H17N3OS. The van der Waals surface area contributed by atoms with Gasteiger partial charge in [0.05, 0.1) is 19.4 Å². The van der Waals surface area contributed by atoms with Crippen LogP contribution in [0.3, 0.4) is 0 Å². The van der Waals surface area contributed by atoms with E-state index in [1.165, 1.54) is 5.56 Å². The summed E-state index contributed by atoms with van der Waals surface area (Å²) in [5.74, 6) is 0.752. The molecule has 0 spiro atoms. The number of aliphatic imine (C=N–C) groups is 1. The topological polar surface area (TPSA) is 58.7 Å². The first-order valence-corrected chi connectivity index (χ1v) is 6.82. The van der Waals surface area contributed by atoms with Crippen LogP contribution in [0.25, 0.3) is 0 Å². The van der Waals surface area contributed by atoms with Crippen molar-refractivity contribution >= 4 is 23.9 Å². The number of likely N-dealkylation sites (N-methyl/N-ethyl adjacent to an activating group) is 1. The second kappa shape index (κ2) is 5.54. The van der Waals surface area contributed by atoms with Crippen LogP contribution >= 0.6 is 11.8 Å². The highest BCUT2D eigenvalue weighted by molar-refractivity contribution is 8.00. The second-order valence-corrected chi connectivity index (χ2v) is 5.60. The van der Waals surface area contributed by atoms with E-state index in [1.807, 2.05) is 30.1 Å². The molecule has 0 aromatic heterocycles. The van der Waals surface area contributed by atoms with Crippen molar-refractivity contribution in [3.05, 3.63) is 35.9 Å². The highest BCUT2D eigenvalue weighted by atomic mass is 32.2. The summed E-state index contributed by atoms with van der Waals surface area (Å²) in [4.78, 5) is 17.6. The van der Waals surface area contributed by atoms with Gasteiger partial charge < -0.3 is 10.6 Å². The highest BCUT2D eigenvalue weighted by Crippen LogP contribution is 2.34. The van der Waals surface area contributed by atoms with E-state index in [0.29, 0.717) is 6.54 Å². The number of hydrogen-bond acceptors (Lipinski definition) is 5. The van der Waals surface area contributed by atoms with Gasteiger partial charge in [-0.3, -0.25) is 4.79 Å². The number of carbonyl (C=O) groups is 1. The fourth-order valence-electron chi connectivity index (χ4n) is 1.87. The first kappa shape index (κ1) is 13.1. The lowest BCUT2D eigenvalue weighted by molar-refractivity contribution is -0.119. The summed E-state index contributed by atoms with van der Waals surface area (Å²) >= 11 is 1.55. The van der Waals surface area contributed by atoms with E-state index in [1.54, 1.807) is 18.1 Å². The molecule has 1 aliphatic heterocycles. The van der Waals surface area contributed by atoms with Gasteiger partial charge >= 0.3 is 0 Å². The van der Waals surface area contributed by atoms with Gasteiger partial charge in [0, 0.05) is 12.8 Å². The normalized spacial score (nSPS) is 22.4. The average Bonchev–Trinajstić information content (AvgIpc) is 2.80. The highest BCUT2D eigenvalue weighted by Gasteiger charge is 2.41. The standard InChI is InChI=1S/C13H17N3OS/c1-16-9-13(15-10-16,12(17)7-14)18-8-11-5-3-2-4-6-11/h2-6,10H,7-9,14H2,1H3. The fourth-order valence-corrected chi connectivity index (χ4v) is 3.13. The Labute approximate surface area is 111 Å². The number of ketones is 1. The second-order valence-electron chi connectivity index (χ2n) is 4.35. The average molecular weight is 263 g/mol. The van der Waals surface area contributed by atoms with Crippen LogP contribution in [0.5, 0.6) is 0 Å². The van der Waals surface area contributed by atoms with E-state index in [-0.39, 0.29) is 12.3 Å². The first-order chi connectivity index (χ1) is 8.66. The molecule has 0 bridgehead atoms. The molecule has 2 N–H and O–H groups in total. The van der Waals surface area contributed by atoms with Gasteiger partial charge in [-0.15, -0.1) is 11.8 Å². The summed E-state index contributed by atoms with van der Waals surface area (Å²) in [5, 5.41) is 0. The Kier molecular flexibility index (Phi) is 4.04. The summed E-state index contributed by atoms with van der Waals surface area (Å²) in [6.45, 7) is 0.632. The van der Waals surface area contributed by atoms with Gasteiger partial charge in [-0.1, -0.05) is 30.3 Å². The van der Waals surface area contributed by atoms with Crippen LogP contribution in [-0.4, -0.2) is 42.0 Å². The number of nitrogens with zero attached hydrogens (tertiary/aromatic N) is 2. The molecule has 5 heteroatoms. The summed E-state index contributed by atoms with van der Waals surface area (Å²) in [6.07, 6.45) is 1.71. The van der Waals surface area contributed by atoms with Crippen molar-refractivity contribution < 1.29 is 4.79 Å². The minimum absolute atomic E-state index is 0.0102. The van der Waals surface area contributed by atoms with Gasteiger partial charge in [0.15, 0.2) is 10.7 Å². The SMILES string of the molecule is CN1C=NC(SCc2ccccc2)(C(=O)CN)C1. The molecule has 0 radical (unpaired) electrons. The van der Waals surface area contributed by atoms with E-state index < -0.39 is 4.87 Å². The number of carbonyl (C=O) groups excluding carboxylic acids is 1. The molecule has 0 aliphatic carbocycles. The third kappa shape index (κ3) is 2.73. The molecule has 1 aromatic carbocycles. The monoisotopic (exact) mass is 263 g/mol. The maximum atomic E-state index is 12.0. The lowest BCUT2D eigenvalue weighted by Crippen LogP contribution is -2.42. The van der Waals surface area contributed by atoms with Crippen molar-refractivity contribution in [2.45, 2.75) is 10.6 Å². The predicted molar refractivity (Wildman–Crippen MR) is 75.7 cm³/mol. The molecule has 1 unspecified atom stereocenters. The maximum Gasteiger partial charge on any atom is 0.185 e. The van der Waals surface area contributed by atoms with Crippen LogP contribution in [0, 0.1) is 0 Å². The Morgan fingerprint density at radius 1 is 1.50 bits per heavy atom. The van der Waals surface area contributed by atoms with Crippen LogP contribution in [0.4, 0.5) is 0 Å². The Morgan fingerprint density at radius 2 is 2.22 bits per heavy atom. The smallest absolute Gasteiger partial charge is 0.185 e. The van der Waals surface area contributed by atoms with Gasteiger partial charge in [0.1, 0.15) is 0 Å². The number of Topliss-reactive ketones (excluding diaryl/α,β-unsaturated/α-hetero) is 1. The zero-order chi connectivity index (χ0) is 13.0. The third-order valence-corrected chi connectivity index (χ3v) is 4.29. The Morgan fingerprint density at radius 3 is 2.78 bits per heavy atom. The largest absolute Gasteiger partial charge is 0.362 e. The molecule has 96 valence electrons. The van der Waals surface area contributed by atoms with Gasteiger partial charge in [0.25, 0.3) is 0 Å². The summed E-state index contributed by atoms with van der Waals surface area (Å²) in [7, 11) is 1.91. The van der Waals surface area contributed by atoms with E-state index in [2.05, 4.69) is 17.1 Å². The summed E-state index contributed by atoms with van der Waals surface area (Å²) < 4.78 is 0. The van der Waals surface area contributed by atoms with Crippen LogP contribution < -0.4 is 5.73 Å². The molecule has 1 atom stereocenters. The number of nitrogens with two attached hydrogens (primary N) is 1. The molecule has 0 saturated carbocycles. The molecule has 1 aromatic rings. The van der Waals surface area contributed by atoms with Crippen LogP contribution in [0.2, 0.25) is 0 Å². The van der Waals surface area contributed by atoms with Crippen molar-refractivity contribution in [1.29, 1.82) is 0 Å². The first-order valence-electron chi connectivity index (χ1n) is 5.83. The summed E-state index contributed by atoms with van der Waals surface area (Å²) in [5.41, 5.74) is 6.69. The molecular weight excluding hydrogens is 246 g/mol. The Hall–Kier alpha value is -1.33. The molecule has 1 aliphatic rings. The molecule has 0 amide bonds. The van der Waals surface area contributed by atoms with Crippen molar-refractivity contribution in [3.63, 3.8) is 0 Å². The Bertz CT molecular complexity index is 449. The van der Waals surface area contributed by atoms with Crippen molar-refractivity contribution in [2.24, 2.45) is 10.7 Å². The molecule has 4 nitrogen and oxygen atoms in total. The van der Waals surface area contributed by atoms with Gasteiger partial charge in [-0.2, -0.15) is 0 Å². The van der Waals surface area contributed by atoms with E-state index in [4.69, 9.17) is 5.73 Å². The quantitative estimate of drug-likeness (QED) is 0.865. The number of hydrogen-bond donors (Lipinski definition) is 1. The van der Waals surface area contributed by atoms with E-state index in [9.17, 15) is 4.79 Å². The minimum atomic E-state index is -0.723. The number of rotatable bonds is 5. The lowest BCUT2D eigenvalue weighted by atomic mass is 10.2. The zero-order valence-corrected chi connectivity index (χ0v) is 11.2. The van der Waals surface area contributed by atoms with Crippen LogP contribution in [0.1, 0.15) is 5.56 Å². The lowest BCUT2D eigenvalue weighted by Gasteiger charge is -2.24. The van der Waals surface area contributed by atoms with Crippen LogP contribution in [-0.2, 0) is 10.5 Å². The number of thioether (sulfide) groups is 1. The Balaban J connectivity index is 2.08. The number of benzene rings is 1. The minimum Gasteiger partial charge on any atom is -0.362 e. The molecule has 0 saturated heterocycles. The van der Waals surface area contributed by atoms with Crippen molar-refractivity contribution in [3.8, 4) is 0 Å². The van der Waals surface area contributed by atoms with E-state index >= 15 is 0 Å². The van der Waals surface area contributed by atoms with Gasteiger partial charge in [-0.05, 0) is 5.56 Å². The van der Waals surface area contributed by atoms with E-state index in [0.717, 1.165) is 5.75 Å². The summed E-state index contributed by atoms with van der Waals surface area (Å²) in [6, 6.07) is 10.1. The maximum absolute atomic E-state index is 12.0. The van der Waals surface area contributed by atoms with Crippen molar-refractivity contribution in [2.75, 3.05) is 20.1 Å². The fraction of sp³-hybridized carbons (Fsp3) is 0.385. The van der Waals surface area contributed by atoms with Crippen molar-refractivity contribution in [1.82, 2.24) is 4.90 Å². The zero-order valence-electron chi connectivity index (χ0n) is 10.4. The van der Waals surface area contributed by atoms with Gasteiger partial charge in [-0.25, -0.2) is 4.99 Å². The van der Waals surface area contributed by atoms with Gasteiger partial charge in [0.2, 0.25) is 0 Å². The molecule has 1 heterocycles. The molecule has 18 heavy (non-hydrogen) atoms. The molecule has 0 fully saturated rings.